The number of hydrogen-bond acceptors (Lipinski definition) is 7. The molecule has 0 bridgehead atoms. The van der Waals surface area contributed by atoms with E-state index in [4.69, 9.17) is 17.3 Å². The minimum atomic E-state index is -0.435. The van der Waals surface area contributed by atoms with E-state index in [1.807, 2.05) is 49.4 Å². The first-order valence-electron chi connectivity index (χ1n) is 10.7. The standard InChI is InChI=1S/C24H22ClN7O2/c1-13(28-21-19-20(29-24(26)30-21)27-12-31(2)22(19)33)17-11-14-7-6-10-16(25)18(14)23(34)32(17)15-8-4-3-5-9-15/h3-11,13H,12H2,1-2H3,(H4,26,27,28,29,30). The maximum atomic E-state index is 13.6. The molecule has 3 heterocycles. The molecule has 0 fully saturated rings. The molecule has 1 unspecified atom stereocenters. The number of amides is 1. The van der Waals surface area contributed by atoms with Gasteiger partial charge in [0.05, 0.1) is 23.1 Å². The second-order valence-corrected chi connectivity index (χ2v) is 8.51. The number of nitrogens with zero attached hydrogens (tertiary/aromatic N) is 4. The van der Waals surface area contributed by atoms with Crippen LogP contribution in [0.25, 0.3) is 16.5 Å². The van der Waals surface area contributed by atoms with Crippen molar-refractivity contribution in [3.8, 4) is 5.69 Å². The molecular weight excluding hydrogens is 454 g/mol. The van der Waals surface area contributed by atoms with Crippen molar-refractivity contribution in [2.75, 3.05) is 30.1 Å². The molecule has 34 heavy (non-hydrogen) atoms. The lowest BCUT2D eigenvalue weighted by molar-refractivity contribution is 0.0796. The number of nitrogens with two attached hydrogens (primary N) is 1. The van der Waals surface area contributed by atoms with E-state index in [9.17, 15) is 9.59 Å². The van der Waals surface area contributed by atoms with E-state index in [0.29, 0.717) is 39.8 Å². The third kappa shape index (κ3) is 3.60. The van der Waals surface area contributed by atoms with Crippen LogP contribution in [0.3, 0.4) is 0 Å². The number of fused-ring (bicyclic) bond motifs is 2. The fourth-order valence-corrected chi connectivity index (χ4v) is 4.41. The first kappa shape index (κ1) is 21.7. The predicted molar refractivity (Wildman–Crippen MR) is 134 cm³/mol. The Hall–Kier alpha value is -4.11. The number of anilines is 3. The molecule has 1 aliphatic rings. The van der Waals surface area contributed by atoms with Gasteiger partial charge in [-0.15, -0.1) is 0 Å². The van der Waals surface area contributed by atoms with Gasteiger partial charge in [0.1, 0.15) is 17.2 Å². The van der Waals surface area contributed by atoms with Crippen LogP contribution in [0.4, 0.5) is 17.6 Å². The molecule has 172 valence electrons. The van der Waals surface area contributed by atoms with Crippen LogP contribution in [0.15, 0.2) is 59.4 Å². The summed E-state index contributed by atoms with van der Waals surface area (Å²) in [5, 5.41) is 7.90. The zero-order valence-corrected chi connectivity index (χ0v) is 19.3. The SMILES string of the molecule is CC(Nc1nc(N)nc2c1C(=O)N(C)CN2)c1cc2cccc(Cl)c2c(=O)n1-c1ccccc1. The summed E-state index contributed by atoms with van der Waals surface area (Å²) < 4.78 is 1.62. The van der Waals surface area contributed by atoms with Gasteiger partial charge >= 0.3 is 0 Å². The number of carbonyl (C=O) groups is 1. The molecule has 4 aromatic rings. The fourth-order valence-electron chi connectivity index (χ4n) is 4.15. The van der Waals surface area contributed by atoms with E-state index in [1.54, 1.807) is 23.7 Å². The van der Waals surface area contributed by atoms with E-state index in [-0.39, 0.29) is 23.2 Å². The Kier molecular flexibility index (Phi) is 5.33. The van der Waals surface area contributed by atoms with E-state index < -0.39 is 6.04 Å². The van der Waals surface area contributed by atoms with Crippen LogP contribution in [-0.2, 0) is 0 Å². The van der Waals surface area contributed by atoms with Gasteiger partial charge in [-0.2, -0.15) is 9.97 Å². The molecule has 0 aliphatic carbocycles. The summed E-state index contributed by atoms with van der Waals surface area (Å²) >= 11 is 6.40. The highest BCUT2D eigenvalue weighted by atomic mass is 35.5. The Balaban J connectivity index is 1.68. The number of carbonyl (C=O) groups excluding carboxylic acids is 1. The molecule has 2 aromatic heterocycles. The van der Waals surface area contributed by atoms with Crippen LogP contribution >= 0.6 is 11.6 Å². The quantitative estimate of drug-likeness (QED) is 0.412. The van der Waals surface area contributed by atoms with Crippen LogP contribution in [0.2, 0.25) is 5.02 Å². The van der Waals surface area contributed by atoms with Crippen LogP contribution in [0, 0.1) is 0 Å². The zero-order chi connectivity index (χ0) is 24.0. The maximum absolute atomic E-state index is 13.6. The average Bonchev–Trinajstić information content (AvgIpc) is 2.81. The summed E-state index contributed by atoms with van der Waals surface area (Å²) in [6.07, 6.45) is 0. The molecule has 10 heteroatoms. The second-order valence-electron chi connectivity index (χ2n) is 8.11. The number of rotatable bonds is 4. The molecule has 5 rings (SSSR count). The lowest BCUT2D eigenvalue weighted by Gasteiger charge is -2.28. The van der Waals surface area contributed by atoms with Gasteiger partial charge in [-0.05, 0) is 36.6 Å². The highest BCUT2D eigenvalue weighted by Gasteiger charge is 2.29. The monoisotopic (exact) mass is 475 g/mol. The molecule has 9 nitrogen and oxygen atoms in total. The van der Waals surface area contributed by atoms with E-state index in [2.05, 4.69) is 20.6 Å². The van der Waals surface area contributed by atoms with Crippen molar-refractivity contribution in [1.29, 1.82) is 0 Å². The van der Waals surface area contributed by atoms with Gasteiger partial charge in [-0.3, -0.25) is 14.2 Å². The van der Waals surface area contributed by atoms with Gasteiger partial charge in [0, 0.05) is 18.4 Å². The third-order valence-corrected chi connectivity index (χ3v) is 6.12. The second kappa shape index (κ2) is 8.35. The summed E-state index contributed by atoms with van der Waals surface area (Å²) in [6, 6.07) is 16.2. The number of benzene rings is 2. The number of nitrogen functional groups attached to an aromatic ring is 1. The lowest BCUT2D eigenvalue weighted by atomic mass is 10.1. The maximum Gasteiger partial charge on any atom is 0.264 e. The van der Waals surface area contributed by atoms with Crippen molar-refractivity contribution in [3.63, 3.8) is 0 Å². The molecule has 0 saturated heterocycles. The highest BCUT2D eigenvalue weighted by molar-refractivity contribution is 6.35. The molecule has 0 saturated carbocycles. The van der Waals surface area contributed by atoms with Gasteiger partial charge in [-0.25, -0.2) is 0 Å². The number of hydrogen-bond donors (Lipinski definition) is 3. The Bertz CT molecular complexity index is 1490. The summed E-state index contributed by atoms with van der Waals surface area (Å²) in [4.78, 5) is 36.5. The first-order chi connectivity index (χ1) is 16.3. The smallest absolute Gasteiger partial charge is 0.264 e. The topological polar surface area (TPSA) is 118 Å². The van der Waals surface area contributed by atoms with Gasteiger partial charge in [0.25, 0.3) is 11.5 Å². The number of nitrogens with one attached hydrogen (secondary N) is 2. The van der Waals surface area contributed by atoms with Crippen LogP contribution in [0.1, 0.15) is 29.0 Å². The molecule has 2 aromatic carbocycles. The molecule has 1 amide bonds. The number of pyridine rings is 1. The van der Waals surface area contributed by atoms with Gasteiger partial charge in [-0.1, -0.05) is 41.9 Å². The highest BCUT2D eigenvalue weighted by Crippen LogP contribution is 2.31. The van der Waals surface area contributed by atoms with Crippen molar-refractivity contribution >= 4 is 45.9 Å². The summed E-state index contributed by atoms with van der Waals surface area (Å²) in [5.41, 5.74) is 7.34. The number of para-hydroxylation sites is 1. The molecule has 1 atom stereocenters. The Labute approximate surface area is 200 Å². The summed E-state index contributed by atoms with van der Waals surface area (Å²) in [7, 11) is 1.68. The van der Waals surface area contributed by atoms with Gasteiger partial charge in [0.2, 0.25) is 5.95 Å². The average molecular weight is 476 g/mol. The lowest BCUT2D eigenvalue weighted by Crippen LogP contribution is -2.38. The Morgan fingerprint density at radius 1 is 1.12 bits per heavy atom. The third-order valence-electron chi connectivity index (χ3n) is 5.81. The predicted octanol–water partition coefficient (Wildman–Crippen LogP) is 3.64. The normalized spacial score (nSPS) is 14.0. The minimum absolute atomic E-state index is 0.0315. The Morgan fingerprint density at radius 2 is 1.88 bits per heavy atom. The minimum Gasteiger partial charge on any atom is -0.368 e. The molecule has 0 spiro atoms. The fraction of sp³-hybridized carbons (Fsp3) is 0.167. The molecule has 4 N–H and O–H groups in total. The summed E-state index contributed by atoms with van der Waals surface area (Å²) in [5.74, 6) is 0.464. The van der Waals surface area contributed by atoms with Crippen molar-refractivity contribution in [1.82, 2.24) is 19.4 Å². The number of halogens is 1. The van der Waals surface area contributed by atoms with Gasteiger partial charge in [0.15, 0.2) is 0 Å². The zero-order valence-electron chi connectivity index (χ0n) is 18.5. The van der Waals surface area contributed by atoms with Crippen molar-refractivity contribution < 1.29 is 4.79 Å². The van der Waals surface area contributed by atoms with Crippen LogP contribution in [-0.4, -0.2) is 39.1 Å². The van der Waals surface area contributed by atoms with Crippen LogP contribution in [0.5, 0.6) is 0 Å². The molecular formula is C24H22ClN7O2. The van der Waals surface area contributed by atoms with E-state index >= 15 is 0 Å². The molecule has 1 aliphatic heterocycles. The first-order valence-corrected chi connectivity index (χ1v) is 11.1. The van der Waals surface area contributed by atoms with Crippen molar-refractivity contribution in [2.45, 2.75) is 13.0 Å². The van der Waals surface area contributed by atoms with E-state index in [0.717, 1.165) is 5.39 Å². The van der Waals surface area contributed by atoms with E-state index in [1.165, 1.54) is 4.90 Å². The van der Waals surface area contributed by atoms with Crippen molar-refractivity contribution in [2.24, 2.45) is 0 Å². The number of aromatic nitrogens is 3. The van der Waals surface area contributed by atoms with Crippen molar-refractivity contribution in [3.05, 3.63) is 81.2 Å². The summed E-state index contributed by atoms with van der Waals surface area (Å²) in [6.45, 7) is 2.20. The van der Waals surface area contributed by atoms with Gasteiger partial charge < -0.3 is 21.3 Å². The van der Waals surface area contributed by atoms with Crippen LogP contribution < -0.4 is 21.9 Å². The molecule has 0 radical (unpaired) electrons. The largest absolute Gasteiger partial charge is 0.368 e. The Morgan fingerprint density at radius 3 is 2.65 bits per heavy atom.